The number of anilines is 2. The lowest BCUT2D eigenvalue weighted by Crippen LogP contribution is -2.32. The number of imide groups is 1. The van der Waals surface area contributed by atoms with Gasteiger partial charge in [-0.05, 0) is 61.5 Å². The standard InChI is InChI=1S/C31H24ClN3O7S2/c1-2-41-30(39)16-7-11-18(12-8-16)33-22(36)15-42-21-6-4-3-5-20(21)23-24-26(43-27-25(23)44-31(40)34-27)29(38)35(28(24)37)19-13-9-17(32)10-14-19/h3-14,23-24,26H,2,15H2,1H3,(H,33,36)(H,34,40)/t23-,24?,26?/m1/s1. The fourth-order valence-corrected chi connectivity index (χ4v) is 7.94. The van der Waals surface area contributed by atoms with Crippen molar-refractivity contribution in [2.24, 2.45) is 5.92 Å². The number of benzene rings is 3. The van der Waals surface area contributed by atoms with Crippen molar-refractivity contribution in [2.45, 2.75) is 23.1 Å². The highest BCUT2D eigenvalue weighted by atomic mass is 35.5. The molecular formula is C31H24ClN3O7S2. The molecule has 3 aromatic carbocycles. The molecule has 3 amide bonds. The van der Waals surface area contributed by atoms with Gasteiger partial charge in [-0.15, -0.1) is 0 Å². The van der Waals surface area contributed by atoms with E-state index in [-0.39, 0.29) is 24.0 Å². The fourth-order valence-electron chi connectivity index (χ4n) is 5.31. The molecule has 3 atom stereocenters. The van der Waals surface area contributed by atoms with Crippen molar-refractivity contribution in [3.63, 3.8) is 0 Å². The highest BCUT2D eigenvalue weighted by molar-refractivity contribution is 8.00. The summed E-state index contributed by atoms with van der Waals surface area (Å²) in [6.45, 7) is 1.62. The Kier molecular flexibility index (Phi) is 8.30. The summed E-state index contributed by atoms with van der Waals surface area (Å²) >= 11 is 8.20. The van der Waals surface area contributed by atoms with Crippen molar-refractivity contribution >= 4 is 69.8 Å². The van der Waals surface area contributed by atoms with Gasteiger partial charge in [0.2, 0.25) is 11.8 Å². The summed E-state index contributed by atoms with van der Waals surface area (Å²) < 4.78 is 11.0. The molecule has 13 heteroatoms. The van der Waals surface area contributed by atoms with Crippen molar-refractivity contribution in [1.82, 2.24) is 4.98 Å². The number of thiazole rings is 1. The molecule has 0 bridgehead atoms. The van der Waals surface area contributed by atoms with E-state index in [4.69, 9.17) is 21.1 Å². The maximum absolute atomic E-state index is 14.0. The number of halogens is 1. The molecule has 2 unspecified atom stereocenters. The topological polar surface area (TPSA) is 135 Å². The van der Waals surface area contributed by atoms with Crippen LogP contribution in [-0.2, 0) is 19.1 Å². The maximum atomic E-state index is 14.0. The van der Waals surface area contributed by atoms with E-state index in [2.05, 4.69) is 10.3 Å². The zero-order chi connectivity index (χ0) is 31.0. The van der Waals surface area contributed by atoms with Crippen LogP contribution in [0.25, 0.3) is 0 Å². The summed E-state index contributed by atoms with van der Waals surface area (Å²) in [5.41, 5.74) is 1.81. The summed E-state index contributed by atoms with van der Waals surface area (Å²) in [7, 11) is 0. The number of carbonyl (C=O) groups excluding carboxylic acids is 4. The number of nitrogens with zero attached hydrogens (tertiary/aromatic N) is 1. The van der Waals surface area contributed by atoms with Crippen molar-refractivity contribution in [1.29, 1.82) is 0 Å². The van der Waals surface area contributed by atoms with Gasteiger partial charge in [-0.2, -0.15) is 0 Å². The summed E-state index contributed by atoms with van der Waals surface area (Å²) in [5, 5.41) is 2.95. The lowest BCUT2D eigenvalue weighted by atomic mass is 9.82. The average molecular weight is 650 g/mol. The normalized spacial score (nSPS) is 18.9. The molecule has 1 fully saturated rings. The second kappa shape index (κ2) is 12.3. The molecule has 0 aliphatic carbocycles. The van der Waals surface area contributed by atoms with Gasteiger partial charge in [-0.1, -0.05) is 52.9 Å². The number of esters is 1. The average Bonchev–Trinajstić information content (AvgIpc) is 3.51. The number of para-hydroxylation sites is 1. The molecule has 44 heavy (non-hydrogen) atoms. The Hall–Kier alpha value is -4.39. The van der Waals surface area contributed by atoms with Crippen molar-refractivity contribution in [3.8, 4) is 5.75 Å². The van der Waals surface area contributed by atoms with E-state index < -0.39 is 34.9 Å². The van der Waals surface area contributed by atoms with Gasteiger partial charge in [-0.3, -0.25) is 19.2 Å². The fraction of sp³-hybridized carbons (Fsp3) is 0.194. The maximum Gasteiger partial charge on any atom is 0.338 e. The number of aromatic amines is 1. The first kappa shape index (κ1) is 29.7. The molecule has 1 saturated heterocycles. The zero-order valence-corrected chi connectivity index (χ0v) is 25.5. The predicted molar refractivity (Wildman–Crippen MR) is 167 cm³/mol. The van der Waals surface area contributed by atoms with Crippen LogP contribution < -0.4 is 19.8 Å². The van der Waals surface area contributed by atoms with E-state index in [0.717, 1.165) is 11.3 Å². The third-order valence-corrected chi connectivity index (χ3v) is 9.85. The van der Waals surface area contributed by atoms with Crippen molar-refractivity contribution < 1.29 is 28.7 Å². The molecular weight excluding hydrogens is 626 g/mol. The molecule has 2 aliphatic rings. The first-order chi connectivity index (χ1) is 21.2. The number of hydrogen-bond donors (Lipinski definition) is 2. The zero-order valence-electron chi connectivity index (χ0n) is 23.1. The van der Waals surface area contributed by atoms with Crippen LogP contribution in [-0.4, -0.2) is 47.1 Å². The minimum absolute atomic E-state index is 0.256. The van der Waals surface area contributed by atoms with E-state index in [1.165, 1.54) is 16.7 Å². The number of amides is 3. The molecule has 4 aromatic rings. The highest BCUT2D eigenvalue weighted by Crippen LogP contribution is 2.54. The number of thioether (sulfide) groups is 1. The molecule has 6 rings (SSSR count). The Morgan fingerprint density at radius 3 is 2.43 bits per heavy atom. The first-order valence-electron chi connectivity index (χ1n) is 13.6. The number of H-pyrrole nitrogens is 1. The first-order valence-corrected chi connectivity index (χ1v) is 15.6. The Morgan fingerprint density at radius 2 is 1.70 bits per heavy atom. The molecule has 224 valence electrons. The Labute approximate surface area is 264 Å². The van der Waals surface area contributed by atoms with Gasteiger partial charge < -0.3 is 19.8 Å². The van der Waals surface area contributed by atoms with Crippen LogP contribution in [0.2, 0.25) is 5.02 Å². The Bertz CT molecular complexity index is 1820. The Morgan fingerprint density at radius 1 is 0.977 bits per heavy atom. The van der Waals surface area contributed by atoms with Gasteiger partial charge in [-0.25, -0.2) is 9.69 Å². The lowest BCUT2D eigenvalue weighted by molar-refractivity contribution is -0.122. The molecule has 0 saturated carbocycles. The van der Waals surface area contributed by atoms with Crippen LogP contribution in [0.3, 0.4) is 0 Å². The monoisotopic (exact) mass is 649 g/mol. The SMILES string of the molecule is CCOC(=O)c1ccc(NC(=O)COc2ccccc2[C@H]2c3sc(=O)[nH]c3SC3C(=O)N(c4ccc(Cl)cc4)C(=O)C32)cc1. The second-order valence-electron chi connectivity index (χ2n) is 9.91. The minimum Gasteiger partial charge on any atom is -0.483 e. The predicted octanol–water partition coefficient (Wildman–Crippen LogP) is 5.08. The third-order valence-electron chi connectivity index (χ3n) is 7.20. The molecule has 2 aliphatic heterocycles. The van der Waals surface area contributed by atoms with Crippen LogP contribution in [0.1, 0.15) is 33.6 Å². The number of rotatable bonds is 8. The van der Waals surface area contributed by atoms with Gasteiger partial charge in [0, 0.05) is 27.1 Å². The second-order valence-corrected chi connectivity index (χ2v) is 12.5. The van der Waals surface area contributed by atoms with E-state index in [1.54, 1.807) is 79.7 Å². The van der Waals surface area contributed by atoms with E-state index in [0.29, 0.717) is 43.2 Å². The summed E-state index contributed by atoms with van der Waals surface area (Å²) in [6.07, 6.45) is 0. The van der Waals surface area contributed by atoms with E-state index >= 15 is 0 Å². The smallest absolute Gasteiger partial charge is 0.338 e. The number of carbonyl (C=O) groups is 4. The number of nitrogens with one attached hydrogen (secondary N) is 2. The largest absolute Gasteiger partial charge is 0.483 e. The summed E-state index contributed by atoms with van der Waals surface area (Å²) in [6, 6.07) is 19.7. The Balaban J connectivity index is 1.26. The van der Waals surface area contributed by atoms with E-state index in [9.17, 15) is 24.0 Å². The van der Waals surface area contributed by atoms with Gasteiger partial charge in [0.25, 0.3) is 5.91 Å². The highest BCUT2D eigenvalue weighted by Gasteiger charge is 2.56. The lowest BCUT2D eigenvalue weighted by Gasteiger charge is -2.30. The molecule has 10 nitrogen and oxygen atoms in total. The van der Waals surface area contributed by atoms with Crippen molar-refractivity contribution in [3.05, 3.63) is 103 Å². The van der Waals surface area contributed by atoms with Crippen molar-refractivity contribution in [2.75, 3.05) is 23.4 Å². The number of hydrogen-bond acceptors (Lipinski definition) is 9. The summed E-state index contributed by atoms with van der Waals surface area (Å²) in [4.78, 5) is 69.1. The number of ether oxygens (including phenoxy) is 2. The van der Waals surface area contributed by atoms with Crippen LogP contribution in [0.5, 0.6) is 5.75 Å². The van der Waals surface area contributed by atoms with Gasteiger partial charge >= 0.3 is 10.8 Å². The van der Waals surface area contributed by atoms with Crippen LogP contribution in [0, 0.1) is 5.92 Å². The summed E-state index contributed by atoms with van der Waals surface area (Å²) in [5.74, 6) is -2.85. The quantitative estimate of drug-likeness (QED) is 0.199. The molecule has 2 N–H and O–H groups in total. The van der Waals surface area contributed by atoms with Crippen LogP contribution >= 0.6 is 34.7 Å². The molecule has 3 heterocycles. The van der Waals surface area contributed by atoms with Crippen LogP contribution in [0.4, 0.5) is 11.4 Å². The molecule has 1 aromatic heterocycles. The van der Waals surface area contributed by atoms with Gasteiger partial charge in [0.1, 0.15) is 11.0 Å². The van der Waals surface area contributed by atoms with Gasteiger partial charge in [0.05, 0.1) is 28.8 Å². The molecule has 0 radical (unpaired) electrons. The minimum atomic E-state index is -0.821. The van der Waals surface area contributed by atoms with Crippen LogP contribution in [0.15, 0.2) is 82.6 Å². The van der Waals surface area contributed by atoms with Gasteiger partial charge in [0.15, 0.2) is 6.61 Å². The van der Waals surface area contributed by atoms with E-state index in [1.807, 2.05) is 0 Å². The number of aromatic nitrogens is 1. The molecule has 0 spiro atoms. The number of fused-ring (bicyclic) bond motifs is 2. The third kappa shape index (κ3) is 5.63.